The maximum absolute atomic E-state index is 12.4. The van der Waals surface area contributed by atoms with Gasteiger partial charge in [0.25, 0.3) is 5.91 Å². The number of hydrogen-bond acceptors (Lipinski definition) is 2. The van der Waals surface area contributed by atoms with Crippen LogP contribution in [0.3, 0.4) is 0 Å². The van der Waals surface area contributed by atoms with Crippen molar-refractivity contribution in [2.24, 2.45) is 0 Å². The molecule has 0 aliphatic heterocycles. The molecule has 0 spiro atoms. The van der Waals surface area contributed by atoms with Gasteiger partial charge in [0.2, 0.25) is 0 Å². The van der Waals surface area contributed by atoms with Crippen LogP contribution in [0.1, 0.15) is 22.2 Å². The quantitative estimate of drug-likeness (QED) is 0.826. The number of benzene rings is 1. The van der Waals surface area contributed by atoms with E-state index in [4.69, 9.17) is 0 Å². The van der Waals surface area contributed by atoms with Gasteiger partial charge in [-0.1, -0.05) is 28.1 Å². The summed E-state index contributed by atoms with van der Waals surface area (Å²) < 4.78 is 0.931. The van der Waals surface area contributed by atoms with E-state index in [1.54, 1.807) is 11.3 Å². The van der Waals surface area contributed by atoms with Gasteiger partial charge in [-0.2, -0.15) is 0 Å². The van der Waals surface area contributed by atoms with E-state index in [1.807, 2.05) is 47.5 Å². The minimum absolute atomic E-state index is 0.0761. The number of nitrogens with zero attached hydrogens (tertiary/aromatic N) is 1. The summed E-state index contributed by atoms with van der Waals surface area (Å²) in [6, 6.07) is 11.6. The summed E-state index contributed by atoms with van der Waals surface area (Å²) in [5.41, 5.74) is 0.725. The van der Waals surface area contributed by atoms with E-state index in [1.165, 1.54) is 4.88 Å². The lowest BCUT2D eigenvalue weighted by Crippen LogP contribution is -2.29. The van der Waals surface area contributed by atoms with Gasteiger partial charge in [0.15, 0.2) is 0 Å². The van der Waals surface area contributed by atoms with Gasteiger partial charge >= 0.3 is 0 Å². The molecule has 0 aliphatic rings. The summed E-state index contributed by atoms with van der Waals surface area (Å²) in [5, 5.41) is 2.03. The number of rotatable bonds is 4. The van der Waals surface area contributed by atoms with Crippen molar-refractivity contribution in [2.75, 3.05) is 6.54 Å². The van der Waals surface area contributed by atoms with Crippen molar-refractivity contribution >= 4 is 33.2 Å². The molecule has 1 heterocycles. The van der Waals surface area contributed by atoms with Crippen molar-refractivity contribution in [2.45, 2.75) is 13.5 Å². The largest absolute Gasteiger partial charge is 0.334 e. The zero-order valence-corrected chi connectivity index (χ0v) is 12.5. The maximum Gasteiger partial charge on any atom is 0.254 e. The first-order chi connectivity index (χ1) is 8.70. The van der Waals surface area contributed by atoms with E-state index in [2.05, 4.69) is 22.0 Å². The van der Waals surface area contributed by atoms with Crippen LogP contribution in [0.15, 0.2) is 46.3 Å². The lowest BCUT2D eigenvalue weighted by molar-refractivity contribution is 0.0754. The van der Waals surface area contributed by atoms with Crippen LogP contribution >= 0.6 is 27.3 Å². The van der Waals surface area contributed by atoms with Crippen LogP contribution in [-0.4, -0.2) is 17.4 Å². The van der Waals surface area contributed by atoms with Crippen LogP contribution in [0, 0.1) is 0 Å². The lowest BCUT2D eigenvalue weighted by Gasteiger charge is -2.20. The fraction of sp³-hybridized carbons (Fsp3) is 0.214. The second kappa shape index (κ2) is 6.16. The van der Waals surface area contributed by atoms with Crippen LogP contribution in [0.2, 0.25) is 0 Å². The third-order valence-electron chi connectivity index (χ3n) is 2.67. The Morgan fingerprint density at radius 2 is 2.17 bits per heavy atom. The summed E-state index contributed by atoms with van der Waals surface area (Å²) in [5.74, 6) is 0.0761. The van der Waals surface area contributed by atoms with Crippen LogP contribution in [0.4, 0.5) is 0 Å². The first-order valence-electron chi connectivity index (χ1n) is 5.78. The van der Waals surface area contributed by atoms with Gasteiger partial charge in [-0.05, 0) is 36.6 Å². The van der Waals surface area contributed by atoms with Crippen molar-refractivity contribution in [3.8, 4) is 0 Å². The summed E-state index contributed by atoms with van der Waals surface area (Å²) in [6.07, 6.45) is 0. The highest BCUT2D eigenvalue weighted by molar-refractivity contribution is 9.10. The highest BCUT2D eigenvalue weighted by Gasteiger charge is 2.14. The number of thiophene rings is 1. The zero-order chi connectivity index (χ0) is 13.0. The van der Waals surface area contributed by atoms with Crippen LogP contribution in [0.25, 0.3) is 0 Å². The SMILES string of the molecule is CCN(Cc1cccs1)C(=O)c1cccc(Br)c1. The van der Waals surface area contributed by atoms with Gasteiger partial charge < -0.3 is 4.90 Å². The number of halogens is 1. The highest BCUT2D eigenvalue weighted by atomic mass is 79.9. The molecule has 2 aromatic rings. The molecule has 0 radical (unpaired) electrons. The molecule has 2 nitrogen and oxygen atoms in total. The zero-order valence-electron chi connectivity index (χ0n) is 10.1. The predicted molar refractivity (Wildman–Crippen MR) is 78.9 cm³/mol. The molecule has 0 saturated heterocycles. The molecule has 0 atom stereocenters. The smallest absolute Gasteiger partial charge is 0.254 e. The van der Waals surface area contributed by atoms with Crippen molar-refractivity contribution in [1.82, 2.24) is 4.90 Å². The normalized spacial score (nSPS) is 10.3. The molecule has 0 N–H and O–H groups in total. The standard InChI is InChI=1S/C14H14BrNOS/c1-2-16(10-13-7-4-8-18-13)14(17)11-5-3-6-12(15)9-11/h3-9H,2,10H2,1H3. The third kappa shape index (κ3) is 3.21. The predicted octanol–water partition coefficient (Wildman–Crippen LogP) is 4.17. The monoisotopic (exact) mass is 323 g/mol. The van der Waals surface area contributed by atoms with Crippen LogP contribution < -0.4 is 0 Å². The van der Waals surface area contributed by atoms with Gasteiger partial charge in [0, 0.05) is 21.5 Å². The van der Waals surface area contributed by atoms with Gasteiger partial charge in [0.05, 0.1) is 6.54 Å². The summed E-state index contributed by atoms with van der Waals surface area (Å²) >= 11 is 5.07. The molecule has 18 heavy (non-hydrogen) atoms. The summed E-state index contributed by atoms with van der Waals surface area (Å²) in [7, 11) is 0. The van der Waals surface area contributed by atoms with E-state index in [-0.39, 0.29) is 5.91 Å². The molecule has 0 bridgehead atoms. The molecule has 1 aromatic heterocycles. The van der Waals surface area contributed by atoms with E-state index in [0.29, 0.717) is 13.1 Å². The first kappa shape index (κ1) is 13.3. The Morgan fingerprint density at radius 1 is 1.33 bits per heavy atom. The second-order valence-electron chi connectivity index (χ2n) is 3.91. The number of amides is 1. The Balaban J connectivity index is 2.15. The molecular formula is C14H14BrNOS. The van der Waals surface area contributed by atoms with Gasteiger partial charge in [-0.3, -0.25) is 4.79 Å². The summed E-state index contributed by atoms with van der Waals surface area (Å²) in [6.45, 7) is 3.40. The highest BCUT2D eigenvalue weighted by Crippen LogP contribution is 2.16. The van der Waals surface area contributed by atoms with Gasteiger partial charge in [0.1, 0.15) is 0 Å². The molecule has 0 unspecified atom stereocenters. The Morgan fingerprint density at radius 3 is 2.78 bits per heavy atom. The number of carbonyl (C=O) groups is 1. The fourth-order valence-corrected chi connectivity index (χ4v) is 2.84. The molecule has 0 fully saturated rings. The van der Waals surface area contributed by atoms with Crippen LogP contribution in [0.5, 0.6) is 0 Å². The fourth-order valence-electron chi connectivity index (χ4n) is 1.72. The molecule has 0 aliphatic carbocycles. The van der Waals surface area contributed by atoms with E-state index < -0.39 is 0 Å². The van der Waals surface area contributed by atoms with Crippen molar-refractivity contribution in [1.29, 1.82) is 0 Å². The third-order valence-corrected chi connectivity index (χ3v) is 4.02. The van der Waals surface area contributed by atoms with Gasteiger partial charge in [-0.25, -0.2) is 0 Å². The van der Waals surface area contributed by atoms with Crippen LogP contribution in [-0.2, 0) is 6.54 Å². The molecule has 1 amide bonds. The van der Waals surface area contributed by atoms with E-state index in [0.717, 1.165) is 10.0 Å². The minimum atomic E-state index is 0.0761. The topological polar surface area (TPSA) is 20.3 Å². The Labute approximate surface area is 119 Å². The molecule has 0 saturated carbocycles. The average molecular weight is 324 g/mol. The molecule has 94 valence electrons. The van der Waals surface area contributed by atoms with Crippen molar-refractivity contribution < 1.29 is 4.79 Å². The van der Waals surface area contributed by atoms with E-state index in [9.17, 15) is 4.79 Å². The number of hydrogen-bond donors (Lipinski definition) is 0. The van der Waals surface area contributed by atoms with Crippen molar-refractivity contribution in [3.05, 3.63) is 56.7 Å². The molecule has 2 rings (SSSR count). The first-order valence-corrected chi connectivity index (χ1v) is 7.45. The Kier molecular flexibility index (Phi) is 4.55. The molecule has 4 heteroatoms. The van der Waals surface area contributed by atoms with Crippen molar-refractivity contribution in [3.63, 3.8) is 0 Å². The lowest BCUT2D eigenvalue weighted by atomic mass is 10.2. The Bertz CT molecular complexity index is 524. The second-order valence-corrected chi connectivity index (χ2v) is 5.86. The molecular weight excluding hydrogens is 310 g/mol. The average Bonchev–Trinajstić information content (AvgIpc) is 2.88. The number of carbonyl (C=O) groups excluding carboxylic acids is 1. The molecule has 1 aromatic carbocycles. The maximum atomic E-state index is 12.4. The van der Waals surface area contributed by atoms with E-state index >= 15 is 0 Å². The van der Waals surface area contributed by atoms with Gasteiger partial charge in [-0.15, -0.1) is 11.3 Å². The summed E-state index contributed by atoms with van der Waals surface area (Å²) in [4.78, 5) is 15.4. The minimum Gasteiger partial charge on any atom is -0.334 e. The Hall–Kier alpha value is -1.13.